The van der Waals surface area contributed by atoms with Crippen LogP contribution in [0.3, 0.4) is 0 Å². The van der Waals surface area contributed by atoms with Crippen LogP contribution in [0.5, 0.6) is 0 Å². The molecule has 34 heavy (non-hydrogen) atoms. The van der Waals surface area contributed by atoms with Gasteiger partial charge < -0.3 is 10.2 Å². The summed E-state index contributed by atoms with van der Waals surface area (Å²) in [5.41, 5.74) is -0.303. The van der Waals surface area contributed by atoms with Crippen LogP contribution in [0.25, 0.3) is 0 Å². The summed E-state index contributed by atoms with van der Waals surface area (Å²) >= 11 is 0. The monoisotopic (exact) mass is 494 g/mol. The van der Waals surface area contributed by atoms with Gasteiger partial charge in [-0.25, -0.2) is 12.8 Å². The van der Waals surface area contributed by atoms with Gasteiger partial charge in [-0.1, -0.05) is 24.3 Å². The Kier molecular flexibility index (Phi) is 8.68. The number of hydrogen-bond acceptors (Lipinski definition) is 6. The van der Waals surface area contributed by atoms with Crippen molar-refractivity contribution in [1.82, 2.24) is 10.2 Å². The molecule has 10 nitrogen and oxygen atoms in total. The molecule has 0 aliphatic carbocycles. The Hall–Kier alpha value is -3.54. The highest BCUT2D eigenvalue weighted by Crippen LogP contribution is 2.24. The van der Waals surface area contributed by atoms with E-state index in [0.29, 0.717) is 4.31 Å². The molecule has 0 aliphatic heterocycles. The summed E-state index contributed by atoms with van der Waals surface area (Å²) in [4.78, 5) is 37.5. The molecule has 0 bridgehead atoms. The number of anilines is 1. The second kappa shape index (κ2) is 11.1. The third kappa shape index (κ3) is 6.98. The zero-order valence-electron chi connectivity index (χ0n) is 19.3. The van der Waals surface area contributed by atoms with Gasteiger partial charge in [0.05, 0.1) is 16.9 Å². The van der Waals surface area contributed by atoms with E-state index in [1.807, 2.05) is 0 Å². The molecule has 2 amide bonds. The summed E-state index contributed by atoms with van der Waals surface area (Å²) in [6, 6.07) is 9.28. The van der Waals surface area contributed by atoms with Crippen LogP contribution in [0, 0.1) is 15.9 Å². The number of amides is 2. The van der Waals surface area contributed by atoms with Crippen molar-refractivity contribution in [2.75, 3.05) is 17.1 Å². The summed E-state index contributed by atoms with van der Waals surface area (Å²) in [6.07, 6.45) is 0.856. The van der Waals surface area contributed by atoms with Gasteiger partial charge in [0, 0.05) is 30.3 Å². The van der Waals surface area contributed by atoms with Gasteiger partial charge in [-0.2, -0.15) is 0 Å². The predicted octanol–water partition coefficient (Wildman–Crippen LogP) is 2.44. The lowest BCUT2D eigenvalue weighted by Gasteiger charge is -2.31. The minimum absolute atomic E-state index is 0.0878. The van der Waals surface area contributed by atoms with Gasteiger partial charge in [0.1, 0.15) is 18.4 Å². The molecule has 2 aromatic carbocycles. The molecule has 184 valence electrons. The average Bonchev–Trinajstić information content (AvgIpc) is 2.75. The number of carbonyl (C=O) groups excluding carboxylic acids is 2. The second-order valence-corrected chi connectivity index (χ2v) is 9.91. The van der Waals surface area contributed by atoms with Gasteiger partial charge in [-0.3, -0.25) is 24.0 Å². The lowest BCUT2D eigenvalue weighted by molar-refractivity contribution is -0.384. The normalized spacial score (nSPS) is 12.2. The molecule has 0 aromatic heterocycles. The molecule has 0 aliphatic rings. The molecule has 0 fully saturated rings. The molecule has 0 saturated carbocycles. The number of nitrogens with zero attached hydrogens (tertiary/aromatic N) is 3. The molecule has 1 N–H and O–H groups in total. The van der Waals surface area contributed by atoms with E-state index in [9.17, 15) is 32.5 Å². The SMILES string of the molecule is CC(C)NC(=O)[C@@H](C)N(Cc1ccccc1F)C(=O)CN(c1cccc([N+](=O)[O-])c1)S(C)(=O)=O. The van der Waals surface area contributed by atoms with E-state index >= 15 is 0 Å². The fourth-order valence-electron chi connectivity index (χ4n) is 3.17. The van der Waals surface area contributed by atoms with Gasteiger partial charge in [0.2, 0.25) is 21.8 Å². The summed E-state index contributed by atoms with van der Waals surface area (Å²) in [6.45, 7) is 3.90. The molecule has 0 radical (unpaired) electrons. The Balaban J connectivity index is 2.44. The van der Waals surface area contributed by atoms with E-state index in [4.69, 9.17) is 0 Å². The highest BCUT2D eigenvalue weighted by molar-refractivity contribution is 7.92. The van der Waals surface area contributed by atoms with Crippen molar-refractivity contribution in [3.63, 3.8) is 0 Å². The number of carbonyl (C=O) groups is 2. The number of nitrogens with one attached hydrogen (secondary N) is 1. The topological polar surface area (TPSA) is 130 Å². The van der Waals surface area contributed by atoms with Gasteiger partial charge in [0.25, 0.3) is 5.69 Å². The molecule has 0 heterocycles. The first-order chi connectivity index (χ1) is 15.8. The highest BCUT2D eigenvalue weighted by atomic mass is 32.2. The lowest BCUT2D eigenvalue weighted by Crippen LogP contribution is -2.52. The van der Waals surface area contributed by atoms with E-state index in [1.54, 1.807) is 19.9 Å². The maximum Gasteiger partial charge on any atom is 0.271 e. The lowest BCUT2D eigenvalue weighted by atomic mass is 10.1. The van der Waals surface area contributed by atoms with Crippen LogP contribution < -0.4 is 9.62 Å². The Labute approximate surface area is 197 Å². The summed E-state index contributed by atoms with van der Waals surface area (Å²) in [5, 5.41) is 13.8. The van der Waals surface area contributed by atoms with Crippen LogP contribution in [0.4, 0.5) is 15.8 Å². The van der Waals surface area contributed by atoms with E-state index in [2.05, 4.69) is 5.32 Å². The van der Waals surface area contributed by atoms with Crippen molar-refractivity contribution in [3.8, 4) is 0 Å². The van der Waals surface area contributed by atoms with Crippen molar-refractivity contribution < 1.29 is 27.3 Å². The van der Waals surface area contributed by atoms with Crippen molar-refractivity contribution in [2.45, 2.75) is 39.4 Å². The number of benzene rings is 2. The molecular weight excluding hydrogens is 467 g/mol. The van der Waals surface area contributed by atoms with Crippen molar-refractivity contribution in [1.29, 1.82) is 0 Å². The van der Waals surface area contributed by atoms with Crippen LogP contribution in [-0.4, -0.2) is 54.9 Å². The van der Waals surface area contributed by atoms with Crippen molar-refractivity contribution in [3.05, 3.63) is 70.0 Å². The Morgan fingerprint density at radius 1 is 1.12 bits per heavy atom. The zero-order chi connectivity index (χ0) is 25.6. The third-order valence-electron chi connectivity index (χ3n) is 4.90. The first-order valence-corrected chi connectivity index (χ1v) is 12.2. The molecular formula is C22H27FN4O6S. The number of nitro groups is 1. The number of hydrogen-bond donors (Lipinski definition) is 1. The van der Waals surface area contributed by atoms with Gasteiger partial charge in [-0.05, 0) is 32.9 Å². The standard InChI is InChI=1S/C22H27FN4O6S/c1-15(2)24-22(29)16(3)25(13-17-8-5-6-11-20(17)23)21(28)14-26(34(4,32)33)18-9-7-10-19(12-18)27(30)31/h5-12,15-16H,13-14H2,1-4H3,(H,24,29)/t16-/m1/s1. The molecule has 0 spiro atoms. The maximum absolute atomic E-state index is 14.3. The van der Waals surface area contributed by atoms with Crippen molar-refractivity contribution >= 4 is 33.2 Å². The largest absolute Gasteiger partial charge is 0.352 e. The van der Waals surface area contributed by atoms with E-state index in [-0.39, 0.29) is 29.5 Å². The van der Waals surface area contributed by atoms with Crippen LogP contribution in [0.2, 0.25) is 0 Å². The van der Waals surface area contributed by atoms with E-state index < -0.39 is 45.2 Å². The van der Waals surface area contributed by atoms with Crippen LogP contribution in [0.15, 0.2) is 48.5 Å². The number of rotatable bonds is 10. The number of nitro benzene ring substituents is 1. The fraction of sp³-hybridized carbons (Fsp3) is 0.364. The number of halogens is 1. The van der Waals surface area contributed by atoms with Crippen molar-refractivity contribution in [2.24, 2.45) is 0 Å². The average molecular weight is 495 g/mol. The Bertz CT molecular complexity index is 1170. The second-order valence-electron chi connectivity index (χ2n) is 8.00. The van der Waals surface area contributed by atoms with Crippen LogP contribution in [-0.2, 0) is 26.2 Å². The fourth-order valence-corrected chi connectivity index (χ4v) is 4.01. The Morgan fingerprint density at radius 3 is 2.32 bits per heavy atom. The van der Waals surface area contributed by atoms with Gasteiger partial charge in [0.15, 0.2) is 0 Å². The molecule has 2 aromatic rings. The third-order valence-corrected chi connectivity index (χ3v) is 6.05. The molecule has 1 atom stereocenters. The quantitative estimate of drug-likeness (QED) is 0.399. The Morgan fingerprint density at radius 2 is 1.76 bits per heavy atom. The van der Waals surface area contributed by atoms with E-state index in [1.165, 1.54) is 43.3 Å². The predicted molar refractivity (Wildman–Crippen MR) is 125 cm³/mol. The smallest absolute Gasteiger partial charge is 0.271 e. The first-order valence-electron chi connectivity index (χ1n) is 10.4. The summed E-state index contributed by atoms with van der Waals surface area (Å²) in [7, 11) is -4.05. The molecule has 0 saturated heterocycles. The van der Waals surface area contributed by atoms with Gasteiger partial charge in [-0.15, -0.1) is 0 Å². The number of non-ortho nitro benzene ring substituents is 1. The highest BCUT2D eigenvalue weighted by Gasteiger charge is 2.31. The zero-order valence-corrected chi connectivity index (χ0v) is 20.1. The molecule has 0 unspecified atom stereocenters. The van der Waals surface area contributed by atoms with E-state index in [0.717, 1.165) is 17.2 Å². The maximum atomic E-state index is 14.3. The number of sulfonamides is 1. The van der Waals surface area contributed by atoms with Crippen LogP contribution >= 0.6 is 0 Å². The summed E-state index contributed by atoms with van der Waals surface area (Å²) < 4.78 is 40.0. The molecule has 12 heteroatoms. The minimum atomic E-state index is -4.05. The van der Waals surface area contributed by atoms with Crippen LogP contribution in [0.1, 0.15) is 26.3 Å². The molecule has 2 rings (SSSR count). The minimum Gasteiger partial charge on any atom is -0.352 e. The summed E-state index contributed by atoms with van der Waals surface area (Å²) in [5.74, 6) is -1.87. The van der Waals surface area contributed by atoms with Gasteiger partial charge >= 0.3 is 0 Å². The first kappa shape index (κ1) is 26.7.